The molecule has 0 radical (unpaired) electrons. The molecule has 0 saturated carbocycles. The lowest BCUT2D eigenvalue weighted by molar-refractivity contribution is 0.271. The first-order chi connectivity index (χ1) is 9.01. The van der Waals surface area contributed by atoms with E-state index in [2.05, 4.69) is 10.1 Å². The van der Waals surface area contributed by atoms with Gasteiger partial charge in [-0.1, -0.05) is 6.07 Å². The zero-order chi connectivity index (χ0) is 14.0. The van der Waals surface area contributed by atoms with Crippen molar-refractivity contribution in [1.29, 1.82) is 0 Å². The third kappa shape index (κ3) is 2.88. The molecule has 5 nitrogen and oxygen atoms in total. The molecule has 0 aliphatic heterocycles. The van der Waals surface area contributed by atoms with Gasteiger partial charge >= 0.3 is 0 Å². The van der Waals surface area contributed by atoms with Gasteiger partial charge in [0.2, 0.25) is 5.43 Å². The summed E-state index contributed by atoms with van der Waals surface area (Å²) in [6, 6.07) is 5.46. The molecule has 2 aromatic rings. The van der Waals surface area contributed by atoms with E-state index in [1.165, 1.54) is 6.07 Å². The summed E-state index contributed by atoms with van der Waals surface area (Å²) in [5.74, 6) is 0. The highest BCUT2D eigenvalue weighted by Crippen LogP contribution is 2.09. The van der Waals surface area contributed by atoms with Gasteiger partial charge in [0.15, 0.2) is 0 Å². The number of nitrogens with zero attached hydrogens (tertiary/aromatic N) is 3. The molecule has 2 aromatic heterocycles. The lowest BCUT2D eigenvalue weighted by Crippen LogP contribution is -2.20. The van der Waals surface area contributed by atoms with Crippen molar-refractivity contribution in [2.45, 2.75) is 33.9 Å². The maximum absolute atomic E-state index is 11.5. The summed E-state index contributed by atoms with van der Waals surface area (Å²) in [7, 11) is 0. The highest BCUT2D eigenvalue weighted by Gasteiger charge is 2.07. The van der Waals surface area contributed by atoms with Crippen LogP contribution in [-0.2, 0) is 13.2 Å². The molecular weight excluding hydrogens is 242 g/mol. The van der Waals surface area contributed by atoms with E-state index >= 15 is 0 Å². The van der Waals surface area contributed by atoms with Crippen LogP contribution in [0.1, 0.15) is 28.3 Å². The van der Waals surface area contributed by atoms with Gasteiger partial charge in [0.25, 0.3) is 0 Å². The van der Waals surface area contributed by atoms with E-state index < -0.39 is 0 Å². The zero-order valence-corrected chi connectivity index (χ0v) is 11.3. The van der Waals surface area contributed by atoms with Gasteiger partial charge in [0, 0.05) is 23.1 Å². The first-order valence-corrected chi connectivity index (χ1v) is 6.13. The van der Waals surface area contributed by atoms with Crippen molar-refractivity contribution in [3.8, 4) is 0 Å². The first kappa shape index (κ1) is 13.4. The maximum Gasteiger partial charge on any atom is 0.206 e. The molecule has 0 unspecified atom stereocenters. The second kappa shape index (κ2) is 5.32. The van der Waals surface area contributed by atoms with E-state index in [0.29, 0.717) is 6.54 Å². The summed E-state index contributed by atoms with van der Waals surface area (Å²) in [5, 5.41) is 13.3. The molecular formula is C14H17N3O2. The van der Waals surface area contributed by atoms with E-state index in [1.807, 2.05) is 32.9 Å². The molecule has 0 fully saturated rings. The van der Waals surface area contributed by atoms with Crippen LogP contribution in [0.5, 0.6) is 0 Å². The van der Waals surface area contributed by atoms with Gasteiger partial charge < -0.3 is 5.11 Å². The number of rotatable bonds is 3. The van der Waals surface area contributed by atoms with Gasteiger partial charge in [-0.3, -0.25) is 14.5 Å². The smallest absolute Gasteiger partial charge is 0.206 e. The van der Waals surface area contributed by atoms with Gasteiger partial charge in [-0.05, 0) is 32.4 Å². The second-order valence-corrected chi connectivity index (χ2v) is 4.61. The summed E-state index contributed by atoms with van der Waals surface area (Å²) >= 11 is 0. The Morgan fingerprint density at radius 1 is 1.26 bits per heavy atom. The van der Waals surface area contributed by atoms with Crippen LogP contribution in [-0.4, -0.2) is 19.9 Å². The molecule has 0 spiro atoms. The molecule has 0 aliphatic rings. The Hall–Kier alpha value is -2.01. The van der Waals surface area contributed by atoms with Gasteiger partial charge in [0.1, 0.15) is 5.69 Å². The molecule has 0 saturated heterocycles. The van der Waals surface area contributed by atoms with Crippen LogP contribution in [0.4, 0.5) is 0 Å². The number of hydrogen-bond donors (Lipinski definition) is 1. The fourth-order valence-corrected chi connectivity index (χ4v) is 1.93. The van der Waals surface area contributed by atoms with E-state index in [9.17, 15) is 4.79 Å². The van der Waals surface area contributed by atoms with Crippen molar-refractivity contribution >= 4 is 0 Å². The van der Waals surface area contributed by atoms with Crippen molar-refractivity contribution in [2.75, 3.05) is 0 Å². The molecule has 5 heteroatoms. The van der Waals surface area contributed by atoms with E-state index in [0.717, 1.165) is 22.6 Å². The molecule has 1 N–H and O–H groups in total. The van der Waals surface area contributed by atoms with E-state index in [4.69, 9.17) is 5.11 Å². The lowest BCUT2D eigenvalue weighted by atomic mass is 10.2. The average Bonchev–Trinajstić information content (AvgIpc) is 2.35. The summed E-state index contributed by atoms with van der Waals surface area (Å²) in [6.45, 7) is 5.92. The number of aryl methyl sites for hydroxylation is 3. The molecule has 2 heterocycles. The van der Waals surface area contributed by atoms with Crippen LogP contribution in [0.2, 0.25) is 0 Å². The van der Waals surface area contributed by atoms with Gasteiger partial charge in [-0.15, -0.1) is 0 Å². The molecule has 19 heavy (non-hydrogen) atoms. The third-order valence-electron chi connectivity index (χ3n) is 3.08. The predicted molar refractivity (Wildman–Crippen MR) is 72.0 cm³/mol. The van der Waals surface area contributed by atoms with Crippen LogP contribution in [0, 0.1) is 20.8 Å². The van der Waals surface area contributed by atoms with E-state index in [1.54, 1.807) is 4.68 Å². The fraction of sp³-hybridized carbons (Fsp3) is 0.357. The van der Waals surface area contributed by atoms with Crippen molar-refractivity contribution in [3.63, 3.8) is 0 Å². The number of pyridine rings is 1. The SMILES string of the molecule is Cc1ccc(Cn2nc(CO)c(=O)cc2C)c(C)n1. The van der Waals surface area contributed by atoms with Crippen molar-refractivity contribution in [2.24, 2.45) is 0 Å². The second-order valence-electron chi connectivity index (χ2n) is 4.61. The van der Waals surface area contributed by atoms with Crippen LogP contribution in [0.3, 0.4) is 0 Å². The third-order valence-corrected chi connectivity index (χ3v) is 3.08. The summed E-state index contributed by atoms with van der Waals surface area (Å²) in [4.78, 5) is 15.9. The zero-order valence-electron chi connectivity index (χ0n) is 11.3. The van der Waals surface area contributed by atoms with Crippen LogP contribution in [0.15, 0.2) is 23.0 Å². The van der Waals surface area contributed by atoms with Gasteiger partial charge in [-0.25, -0.2) is 0 Å². The summed E-state index contributed by atoms with van der Waals surface area (Å²) in [5.41, 5.74) is 3.68. The summed E-state index contributed by atoms with van der Waals surface area (Å²) in [6.07, 6.45) is 0. The van der Waals surface area contributed by atoms with Gasteiger partial charge in [-0.2, -0.15) is 5.10 Å². The van der Waals surface area contributed by atoms with Crippen molar-refractivity contribution in [3.05, 3.63) is 56.8 Å². The molecule has 2 rings (SSSR count). The first-order valence-electron chi connectivity index (χ1n) is 6.13. The molecule has 0 aromatic carbocycles. The Labute approximate surface area is 111 Å². The molecule has 0 bridgehead atoms. The minimum atomic E-state index is -0.343. The predicted octanol–water partition coefficient (Wildman–Crippen LogP) is 1.10. The minimum absolute atomic E-state index is 0.170. The van der Waals surface area contributed by atoms with Crippen LogP contribution >= 0.6 is 0 Å². The standard InChI is InChI=1S/C14H17N3O2/c1-9-4-5-12(11(3)15-9)7-17-10(2)6-14(19)13(8-18)16-17/h4-6,18H,7-8H2,1-3H3. The van der Waals surface area contributed by atoms with Crippen molar-refractivity contribution < 1.29 is 5.11 Å². The molecule has 0 amide bonds. The molecule has 0 atom stereocenters. The number of hydrogen-bond acceptors (Lipinski definition) is 4. The number of aliphatic hydroxyl groups is 1. The normalized spacial score (nSPS) is 10.7. The highest BCUT2D eigenvalue weighted by atomic mass is 16.3. The maximum atomic E-state index is 11.5. The largest absolute Gasteiger partial charge is 0.390 e. The Bertz CT molecular complexity index is 662. The van der Waals surface area contributed by atoms with E-state index in [-0.39, 0.29) is 17.7 Å². The number of aliphatic hydroxyl groups excluding tert-OH is 1. The van der Waals surface area contributed by atoms with Crippen molar-refractivity contribution in [1.82, 2.24) is 14.8 Å². The van der Waals surface area contributed by atoms with Crippen LogP contribution < -0.4 is 5.43 Å². The minimum Gasteiger partial charge on any atom is -0.390 e. The Morgan fingerprint density at radius 3 is 2.63 bits per heavy atom. The highest BCUT2D eigenvalue weighted by molar-refractivity contribution is 5.22. The Kier molecular flexibility index (Phi) is 3.76. The topological polar surface area (TPSA) is 68.0 Å². The number of aromatic nitrogens is 3. The monoisotopic (exact) mass is 259 g/mol. The van der Waals surface area contributed by atoms with Gasteiger partial charge in [0.05, 0.1) is 13.2 Å². The fourth-order valence-electron chi connectivity index (χ4n) is 1.93. The lowest BCUT2D eigenvalue weighted by Gasteiger charge is -2.12. The molecule has 0 aliphatic carbocycles. The van der Waals surface area contributed by atoms with Crippen LogP contribution in [0.25, 0.3) is 0 Å². The average molecular weight is 259 g/mol. The Balaban J connectivity index is 2.40. The summed E-state index contributed by atoms with van der Waals surface area (Å²) < 4.78 is 1.71. The Morgan fingerprint density at radius 2 is 2.00 bits per heavy atom. The molecule has 100 valence electrons. The quantitative estimate of drug-likeness (QED) is 0.896.